The minimum atomic E-state index is -0.147. The molecule has 4 nitrogen and oxygen atoms in total. The van der Waals surface area contributed by atoms with Crippen molar-refractivity contribution in [2.24, 2.45) is 0 Å². The van der Waals surface area contributed by atoms with Crippen LogP contribution in [0, 0.1) is 0 Å². The number of benzene rings is 1. The second-order valence-electron chi connectivity index (χ2n) is 6.09. The van der Waals surface area contributed by atoms with E-state index in [0.717, 1.165) is 28.9 Å². The molecule has 3 rings (SSSR count). The molecule has 1 N–H and O–H groups in total. The predicted octanol–water partition coefficient (Wildman–Crippen LogP) is 4.87. The van der Waals surface area contributed by atoms with Crippen molar-refractivity contribution in [2.45, 2.75) is 38.6 Å². The second kappa shape index (κ2) is 7.79. The Morgan fingerprint density at radius 2 is 2.12 bits per heavy atom. The maximum atomic E-state index is 12.4. The molecule has 24 heavy (non-hydrogen) atoms. The first-order chi connectivity index (χ1) is 11.7. The average Bonchev–Trinajstić information content (AvgIpc) is 2.63. The number of amides is 1. The molecular weight excluding hydrogens is 366 g/mol. The van der Waals surface area contributed by atoms with E-state index in [1.54, 1.807) is 6.20 Å². The van der Waals surface area contributed by atoms with Crippen LogP contribution in [-0.2, 0) is 0 Å². The molecule has 0 aliphatic carbocycles. The smallest absolute Gasteiger partial charge is 0.257 e. The van der Waals surface area contributed by atoms with Gasteiger partial charge in [-0.1, -0.05) is 19.1 Å². The van der Waals surface area contributed by atoms with Gasteiger partial charge >= 0.3 is 0 Å². The Kier molecular flexibility index (Phi) is 5.51. The lowest BCUT2D eigenvalue weighted by Crippen LogP contribution is -2.39. The number of halogens is 1. The highest BCUT2D eigenvalue weighted by molar-refractivity contribution is 9.10. The molecule has 1 aromatic carbocycles. The molecule has 1 aliphatic heterocycles. The van der Waals surface area contributed by atoms with Crippen LogP contribution < -0.4 is 10.2 Å². The third-order valence-corrected chi connectivity index (χ3v) is 5.22. The summed E-state index contributed by atoms with van der Waals surface area (Å²) < 4.78 is 0.863. The van der Waals surface area contributed by atoms with Gasteiger partial charge in [-0.05, 0) is 65.9 Å². The Labute approximate surface area is 151 Å². The number of nitrogens with one attached hydrogen (secondary N) is 1. The van der Waals surface area contributed by atoms with Crippen molar-refractivity contribution in [2.75, 3.05) is 16.8 Å². The van der Waals surface area contributed by atoms with Crippen LogP contribution in [0.25, 0.3) is 0 Å². The summed E-state index contributed by atoms with van der Waals surface area (Å²) in [6, 6.07) is 12.0. The van der Waals surface area contributed by atoms with E-state index in [1.165, 1.54) is 19.3 Å². The van der Waals surface area contributed by atoms with Crippen molar-refractivity contribution in [3.63, 3.8) is 0 Å². The average molecular weight is 388 g/mol. The maximum absolute atomic E-state index is 12.4. The van der Waals surface area contributed by atoms with Crippen LogP contribution in [-0.4, -0.2) is 23.5 Å². The first kappa shape index (κ1) is 17.0. The zero-order chi connectivity index (χ0) is 16.9. The van der Waals surface area contributed by atoms with Crippen molar-refractivity contribution in [1.29, 1.82) is 0 Å². The molecule has 1 unspecified atom stereocenters. The van der Waals surface area contributed by atoms with Crippen LogP contribution in [0.1, 0.15) is 43.0 Å². The minimum absolute atomic E-state index is 0.147. The zero-order valence-corrected chi connectivity index (χ0v) is 15.4. The molecule has 0 bridgehead atoms. The highest BCUT2D eigenvalue weighted by Crippen LogP contribution is 2.25. The molecule has 1 saturated heterocycles. The van der Waals surface area contributed by atoms with Crippen LogP contribution in [0.4, 0.5) is 11.5 Å². The Morgan fingerprint density at radius 3 is 2.83 bits per heavy atom. The number of rotatable bonds is 4. The van der Waals surface area contributed by atoms with E-state index >= 15 is 0 Å². The van der Waals surface area contributed by atoms with E-state index in [-0.39, 0.29) is 5.91 Å². The third kappa shape index (κ3) is 3.78. The lowest BCUT2D eigenvalue weighted by Gasteiger charge is -2.36. The van der Waals surface area contributed by atoms with E-state index in [4.69, 9.17) is 0 Å². The molecule has 1 aliphatic rings. The van der Waals surface area contributed by atoms with Gasteiger partial charge in [-0.2, -0.15) is 0 Å². The molecule has 1 atom stereocenters. The number of anilines is 2. The highest BCUT2D eigenvalue weighted by Gasteiger charge is 2.22. The van der Waals surface area contributed by atoms with Gasteiger partial charge < -0.3 is 10.2 Å². The molecule has 126 valence electrons. The summed E-state index contributed by atoms with van der Waals surface area (Å²) in [5.74, 6) is 0.825. The summed E-state index contributed by atoms with van der Waals surface area (Å²) in [7, 11) is 0. The normalized spacial score (nSPS) is 17.6. The Balaban J connectivity index is 1.72. The fraction of sp³-hybridized carbons (Fsp3) is 0.368. The van der Waals surface area contributed by atoms with Crippen LogP contribution in [0.5, 0.6) is 0 Å². The van der Waals surface area contributed by atoms with Crippen molar-refractivity contribution < 1.29 is 4.79 Å². The van der Waals surface area contributed by atoms with E-state index in [1.807, 2.05) is 36.4 Å². The van der Waals surface area contributed by atoms with Crippen LogP contribution in [0.2, 0.25) is 0 Å². The lowest BCUT2D eigenvalue weighted by atomic mass is 10.00. The minimum Gasteiger partial charge on any atom is -0.354 e. The highest BCUT2D eigenvalue weighted by atomic mass is 79.9. The molecule has 1 aromatic heterocycles. The van der Waals surface area contributed by atoms with Gasteiger partial charge in [0, 0.05) is 23.3 Å². The van der Waals surface area contributed by atoms with E-state index in [9.17, 15) is 4.79 Å². The summed E-state index contributed by atoms with van der Waals surface area (Å²) in [5, 5.41) is 2.91. The predicted molar refractivity (Wildman–Crippen MR) is 102 cm³/mol. The standard InChI is InChI=1S/C19H22BrN3O/c1-2-15-7-5-6-12-23(15)18-11-10-14(13-21-18)19(24)22-17-9-4-3-8-16(17)20/h3-4,8-11,13,15H,2,5-7,12H2,1H3,(H,22,24). The molecule has 0 spiro atoms. The number of nitrogens with zero attached hydrogens (tertiary/aromatic N) is 2. The van der Waals surface area contributed by atoms with Crippen molar-refractivity contribution >= 4 is 33.3 Å². The van der Waals surface area contributed by atoms with Gasteiger partial charge in [0.15, 0.2) is 0 Å². The number of aromatic nitrogens is 1. The summed E-state index contributed by atoms with van der Waals surface area (Å²) in [6.45, 7) is 3.27. The molecule has 2 aromatic rings. The monoisotopic (exact) mass is 387 g/mol. The van der Waals surface area contributed by atoms with E-state index < -0.39 is 0 Å². The van der Waals surface area contributed by atoms with Gasteiger partial charge in [0.2, 0.25) is 0 Å². The van der Waals surface area contributed by atoms with Crippen molar-refractivity contribution in [1.82, 2.24) is 4.98 Å². The number of carbonyl (C=O) groups is 1. The molecule has 0 saturated carbocycles. The van der Waals surface area contributed by atoms with Crippen molar-refractivity contribution in [3.8, 4) is 0 Å². The Morgan fingerprint density at radius 1 is 1.29 bits per heavy atom. The first-order valence-electron chi connectivity index (χ1n) is 8.47. The van der Waals surface area contributed by atoms with Crippen LogP contribution >= 0.6 is 15.9 Å². The van der Waals surface area contributed by atoms with Gasteiger partial charge in [-0.25, -0.2) is 4.98 Å². The molecule has 1 amide bonds. The number of para-hydroxylation sites is 1. The van der Waals surface area contributed by atoms with Crippen LogP contribution in [0.3, 0.4) is 0 Å². The Hall–Kier alpha value is -1.88. The maximum Gasteiger partial charge on any atom is 0.257 e. The third-order valence-electron chi connectivity index (χ3n) is 4.52. The van der Waals surface area contributed by atoms with E-state index in [0.29, 0.717) is 11.6 Å². The number of piperidine rings is 1. The zero-order valence-electron chi connectivity index (χ0n) is 13.8. The molecule has 2 heterocycles. The molecular formula is C19H22BrN3O. The van der Waals surface area contributed by atoms with Crippen molar-refractivity contribution in [3.05, 3.63) is 52.6 Å². The molecule has 1 fully saturated rings. The number of pyridine rings is 1. The van der Waals surface area contributed by atoms with Crippen LogP contribution in [0.15, 0.2) is 47.1 Å². The summed E-state index contributed by atoms with van der Waals surface area (Å²) in [6.07, 6.45) is 6.53. The number of carbonyl (C=O) groups excluding carboxylic acids is 1. The second-order valence-corrected chi connectivity index (χ2v) is 6.94. The number of hydrogen-bond donors (Lipinski definition) is 1. The molecule has 5 heteroatoms. The van der Waals surface area contributed by atoms with Gasteiger partial charge in [-0.15, -0.1) is 0 Å². The van der Waals surface area contributed by atoms with Gasteiger partial charge in [0.25, 0.3) is 5.91 Å². The van der Waals surface area contributed by atoms with Gasteiger partial charge in [-0.3, -0.25) is 4.79 Å². The fourth-order valence-electron chi connectivity index (χ4n) is 3.17. The van der Waals surface area contributed by atoms with Gasteiger partial charge in [0.1, 0.15) is 5.82 Å². The number of hydrogen-bond acceptors (Lipinski definition) is 3. The Bertz CT molecular complexity index is 702. The summed E-state index contributed by atoms with van der Waals surface area (Å²) in [5.41, 5.74) is 1.33. The largest absolute Gasteiger partial charge is 0.354 e. The summed E-state index contributed by atoms with van der Waals surface area (Å²) in [4.78, 5) is 19.3. The summed E-state index contributed by atoms with van der Waals surface area (Å²) >= 11 is 3.44. The quantitative estimate of drug-likeness (QED) is 0.813. The van der Waals surface area contributed by atoms with E-state index in [2.05, 4.69) is 38.1 Å². The SMILES string of the molecule is CCC1CCCCN1c1ccc(C(=O)Nc2ccccc2Br)cn1. The topological polar surface area (TPSA) is 45.2 Å². The molecule has 0 radical (unpaired) electrons. The first-order valence-corrected chi connectivity index (χ1v) is 9.27. The van der Waals surface area contributed by atoms with Gasteiger partial charge in [0.05, 0.1) is 11.3 Å². The lowest BCUT2D eigenvalue weighted by molar-refractivity contribution is 0.102. The fourth-order valence-corrected chi connectivity index (χ4v) is 3.56.